The molecule has 0 aliphatic carbocycles. The van der Waals surface area contributed by atoms with Crippen molar-refractivity contribution in [1.29, 1.82) is 0 Å². The van der Waals surface area contributed by atoms with Crippen molar-refractivity contribution in [2.45, 2.75) is 32.4 Å². The van der Waals surface area contributed by atoms with E-state index in [4.69, 9.17) is 0 Å². The van der Waals surface area contributed by atoms with Crippen LogP contribution in [-0.4, -0.2) is 38.2 Å². The Morgan fingerprint density at radius 2 is 1.96 bits per heavy atom. The molecule has 0 aliphatic rings. The molecule has 8 heteroatoms. The molecule has 130 valence electrons. The Morgan fingerprint density at radius 3 is 2.50 bits per heavy atom. The average Bonchev–Trinajstić information content (AvgIpc) is 2.87. The molecule has 0 saturated carbocycles. The monoisotopic (exact) mass is 338 g/mol. The van der Waals surface area contributed by atoms with Crippen LogP contribution in [0.2, 0.25) is 0 Å². The molecule has 1 amide bonds. The van der Waals surface area contributed by atoms with Crippen LogP contribution in [0, 0.1) is 11.6 Å². The maximum atomic E-state index is 13.7. The second-order valence-electron chi connectivity index (χ2n) is 5.76. The van der Waals surface area contributed by atoms with Gasteiger partial charge in [0.25, 0.3) is 0 Å². The molecule has 1 atom stereocenters. The number of carbonyl (C=O) groups excluding carboxylic acids is 1. The largest absolute Gasteiger partial charge is 0.345 e. The normalized spacial score (nSPS) is 12.2. The fourth-order valence-corrected chi connectivity index (χ4v) is 2.36. The molecule has 0 spiro atoms. The van der Waals surface area contributed by atoms with E-state index in [0.29, 0.717) is 0 Å². The molecule has 2 rings (SSSR count). The summed E-state index contributed by atoms with van der Waals surface area (Å²) in [7, 11) is 3.15. The van der Waals surface area contributed by atoms with Crippen LogP contribution in [0.15, 0.2) is 29.3 Å². The maximum Gasteiger partial charge on any atom is 0.345 e. The standard InChI is InChI=1S/C16H20F2N4O2/c1-11(9-12-13(17)5-4-6-14(12)18)21(3)15(23)7-8-22-16(24)20(2)10-19-22/h4-6,10-11H,7-9H2,1-3H3/t11-/m0/s1. The van der Waals surface area contributed by atoms with Crippen LogP contribution in [0.3, 0.4) is 0 Å². The van der Waals surface area contributed by atoms with Crippen LogP contribution >= 0.6 is 0 Å². The molecule has 2 aromatic rings. The highest BCUT2D eigenvalue weighted by atomic mass is 19.1. The number of aryl methyl sites for hydroxylation is 2. The third kappa shape index (κ3) is 3.87. The fourth-order valence-electron chi connectivity index (χ4n) is 2.36. The lowest BCUT2D eigenvalue weighted by molar-refractivity contribution is -0.131. The summed E-state index contributed by atoms with van der Waals surface area (Å²) in [5, 5.41) is 3.88. The van der Waals surface area contributed by atoms with Gasteiger partial charge in [-0.2, -0.15) is 5.10 Å². The van der Waals surface area contributed by atoms with Gasteiger partial charge in [0, 0.05) is 32.1 Å². The smallest absolute Gasteiger partial charge is 0.343 e. The van der Waals surface area contributed by atoms with Crippen LogP contribution in [0.1, 0.15) is 18.9 Å². The Balaban J connectivity index is 1.97. The molecule has 0 unspecified atom stereocenters. The summed E-state index contributed by atoms with van der Waals surface area (Å²) in [5.41, 5.74) is -0.336. The van der Waals surface area contributed by atoms with E-state index in [1.54, 1.807) is 21.0 Å². The van der Waals surface area contributed by atoms with Gasteiger partial charge in [-0.3, -0.25) is 9.36 Å². The van der Waals surface area contributed by atoms with Gasteiger partial charge in [0.2, 0.25) is 5.91 Å². The van der Waals surface area contributed by atoms with Gasteiger partial charge in [-0.15, -0.1) is 0 Å². The van der Waals surface area contributed by atoms with Crippen molar-refractivity contribution < 1.29 is 13.6 Å². The molecule has 0 aliphatic heterocycles. The summed E-state index contributed by atoms with van der Waals surface area (Å²) in [6, 6.07) is 3.31. The number of amides is 1. The predicted molar refractivity (Wildman–Crippen MR) is 84.4 cm³/mol. The summed E-state index contributed by atoms with van der Waals surface area (Å²) >= 11 is 0. The first-order valence-corrected chi connectivity index (χ1v) is 7.58. The maximum absolute atomic E-state index is 13.7. The summed E-state index contributed by atoms with van der Waals surface area (Å²) in [5.74, 6) is -1.47. The lowest BCUT2D eigenvalue weighted by Gasteiger charge is -2.25. The van der Waals surface area contributed by atoms with Gasteiger partial charge in [0.15, 0.2) is 0 Å². The van der Waals surface area contributed by atoms with E-state index in [9.17, 15) is 18.4 Å². The van der Waals surface area contributed by atoms with Crippen molar-refractivity contribution in [3.8, 4) is 0 Å². The minimum atomic E-state index is -0.622. The average molecular weight is 338 g/mol. The predicted octanol–water partition coefficient (Wildman–Crippen LogP) is 1.34. The van der Waals surface area contributed by atoms with Gasteiger partial charge in [0.05, 0.1) is 6.54 Å². The van der Waals surface area contributed by atoms with Crippen molar-refractivity contribution in [3.63, 3.8) is 0 Å². The van der Waals surface area contributed by atoms with Gasteiger partial charge in [-0.1, -0.05) is 6.07 Å². The van der Waals surface area contributed by atoms with E-state index in [1.807, 2.05) is 0 Å². The third-order valence-electron chi connectivity index (χ3n) is 4.04. The number of likely N-dealkylation sites (N-methyl/N-ethyl adjacent to an activating group) is 1. The Kier molecular flexibility index (Phi) is 5.48. The minimum Gasteiger partial charge on any atom is -0.343 e. The van der Waals surface area contributed by atoms with Crippen LogP contribution in [-0.2, 0) is 24.8 Å². The van der Waals surface area contributed by atoms with Crippen molar-refractivity contribution >= 4 is 5.91 Å². The number of hydrogen-bond acceptors (Lipinski definition) is 3. The topological polar surface area (TPSA) is 60.1 Å². The third-order valence-corrected chi connectivity index (χ3v) is 4.04. The molecular weight excluding hydrogens is 318 g/mol. The van der Waals surface area contributed by atoms with E-state index >= 15 is 0 Å². The van der Waals surface area contributed by atoms with Gasteiger partial charge in [-0.25, -0.2) is 18.3 Å². The number of halogens is 2. The number of carbonyl (C=O) groups is 1. The number of benzene rings is 1. The van der Waals surface area contributed by atoms with Crippen molar-refractivity contribution in [2.24, 2.45) is 7.05 Å². The molecule has 1 heterocycles. The Hall–Kier alpha value is -2.51. The zero-order valence-electron chi connectivity index (χ0n) is 13.9. The molecule has 0 bridgehead atoms. The van der Waals surface area contributed by atoms with E-state index in [0.717, 1.165) is 0 Å². The Bertz CT molecular complexity index is 764. The first-order chi connectivity index (χ1) is 11.3. The first-order valence-electron chi connectivity index (χ1n) is 7.58. The molecule has 1 aromatic heterocycles. The first kappa shape index (κ1) is 17.8. The lowest BCUT2D eigenvalue weighted by atomic mass is 10.0. The number of rotatable bonds is 6. The van der Waals surface area contributed by atoms with Crippen LogP contribution < -0.4 is 5.69 Å². The molecular formula is C16H20F2N4O2. The van der Waals surface area contributed by atoms with Crippen LogP contribution in [0.25, 0.3) is 0 Å². The zero-order valence-corrected chi connectivity index (χ0v) is 13.9. The van der Waals surface area contributed by atoms with Gasteiger partial charge < -0.3 is 4.90 Å². The Morgan fingerprint density at radius 1 is 1.33 bits per heavy atom. The summed E-state index contributed by atoms with van der Waals surface area (Å²) in [6.45, 7) is 1.88. The van der Waals surface area contributed by atoms with Gasteiger partial charge in [0.1, 0.15) is 18.0 Å². The second kappa shape index (κ2) is 7.37. The van der Waals surface area contributed by atoms with Crippen molar-refractivity contribution in [1.82, 2.24) is 19.2 Å². The lowest BCUT2D eigenvalue weighted by Crippen LogP contribution is -2.37. The van der Waals surface area contributed by atoms with Crippen LogP contribution in [0.4, 0.5) is 8.78 Å². The minimum absolute atomic E-state index is 0.0365. The molecule has 0 fully saturated rings. The molecule has 24 heavy (non-hydrogen) atoms. The fraction of sp³-hybridized carbons (Fsp3) is 0.438. The van der Waals surface area contributed by atoms with Gasteiger partial charge in [-0.05, 0) is 25.5 Å². The SMILES string of the molecule is C[C@@H](Cc1c(F)cccc1F)N(C)C(=O)CCn1ncn(C)c1=O. The highest BCUT2D eigenvalue weighted by molar-refractivity contribution is 5.76. The summed E-state index contributed by atoms with van der Waals surface area (Å²) in [6.07, 6.45) is 1.53. The molecule has 6 nitrogen and oxygen atoms in total. The number of aromatic nitrogens is 3. The Labute approximate surface area is 138 Å². The van der Waals surface area contributed by atoms with E-state index < -0.39 is 11.6 Å². The van der Waals surface area contributed by atoms with Crippen molar-refractivity contribution in [2.75, 3.05) is 7.05 Å². The quantitative estimate of drug-likeness (QED) is 0.799. The number of nitrogens with zero attached hydrogens (tertiary/aromatic N) is 4. The summed E-state index contributed by atoms with van der Waals surface area (Å²) < 4.78 is 29.9. The number of hydrogen-bond donors (Lipinski definition) is 0. The van der Waals surface area contributed by atoms with E-state index in [2.05, 4.69) is 5.10 Å². The van der Waals surface area contributed by atoms with Crippen LogP contribution in [0.5, 0.6) is 0 Å². The second-order valence-corrected chi connectivity index (χ2v) is 5.76. The van der Waals surface area contributed by atoms with Crippen molar-refractivity contribution in [3.05, 3.63) is 52.2 Å². The molecule has 0 N–H and O–H groups in total. The highest BCUT2D eigenvalue weighted by Gasteiger charge is 2.19. The molecule has 0 radical (unpaired) electrons. The molecule has 1 aromatic carbocycles. The van der Waals surface area contributed by atoms with Gasteiger partial charge >= 0.3 is 5.69 Å². The summed E-state index contributed by atoms with van der Waals surface area (Å²) in [4.78, 5) is 25.3. The highest BCUT2D eigenvalue weighted by Crippen LogP contribution is 2.16. The van der Waals surface area contributed by atoms with E-state index in [1.165, 1.54) is 38.7 Å². The van der Waals surface area contributed by atoms with E-state index in [-0.39, 0.29) is 42.6 Å². The molecule has 0 saturated heterocycles. The zero-order chi connectivity index (χ0) is 17.9.